The maximum absolute atomic E-state index is 12.0. The van der Waals surface area contributed by atoms with E-state index in [0.29, 0.717) is 15.8 Å². The van der Waals surface area contributed by atoms with Crippen molar-refractivity contribution in [2.75, 3.05) is 6.54 Å². The van der Waals surface area contributed by atoms with Gasteiger partial charge in [-0.1, -0.05) is 54.1 Å². The average molecular weight is 316 g/mol. The number of thiophene rings is 1. The van der Waals surface area contributed by atoms with E-state index in [-0.39, 0.29) is 5.91 Å². The van der Waals surface area contributed by atoms with Gasteiger partial charge in [0.25, 0.3) is 5.91 Å². The van der Waals surface area contributed by atoms with Gasteiger partial charge in [-0.15, -0.1) is 11.3 Å². The first kappa shape index (κ1) is 14.1. The third-order valence-electron chi connectivity index (χ3n) is 3.36. The van der Waals surface area contributed by atoms with E-state index in [1.165, 1.54) is 27.7 Å². The molecule has 2 aromatic carbocycles. The Morgan fingerprint density at radius 3 is 2.67 bits per heavy atom. The van der Waals surface area contributed by atoms with Crippen LogP contribution in [-0.2, 0) is 6.42 Å². The Morgan fingerprint density at radius 2 is 1.86 bits per heavy atom. The average Bonchev–Trinajstić information content (AvgIpc) is 2.94. The van der Waals surface area contributed by atoms with Crippen LogP contribution < -0.4 is 5.32 Å². The van der Waals surface area contributed by atoms with Crippen molar-refractivity contribution >= 4 is 39.6 Å². The van der Waals surface area contributed by atoms with E-state index in [2.05, 4.69) is 35.6 Å². The van der Waals surface area contributed by atoms with Crippen molar-refractivity contribution in [3.8, 4) is 0 Å². The Labute approximate surface area is 132 Å². The smallest absolute Gasteiger partial charge is 0.261 e. The van der Waals surface area contributed by atoms with Gasteiger partial charge in [-0.3, -0.25) is 4.79 Å². The highest BCUT2D eigenvalue weighted by Gasteiger charge is 2.08. The molecule has 0 bridgehead atoms. The molecule has 106 valence electrons. The highest BCUT2D eigenvalue weighted by atomic mass is 35.5. The van der Waals surface area contributed by atoms with Crippen molar-refractivity contribution in [3.05, 3.63) is 69.4 Å². The van der Waals surface area contributed by atoms with Gasteiger partial charge in [0.1, 0.15) is 0 Å². The molecule has 0 radical (unpaired) electrons. The molecule has 0 saturated carbocycles. The lowest BCUT2D eigenvalue weighted by molar-refractivity contribution is 0.0958. The molecule has 1 amide bonds. The summed E-state index contributed by atoms with van der Waals surface area (Å²) >= 11 is 7.14. The summed E-state index contributed by atoms with van der Waals surface area (Å²) in [7, 11) is 0. The minimum absolute atomic E-state index is 0.0628. The first-order chi connectivity index (χ1) is 10.2. The van der Waals surface area contributed by atoms with Crippen molar-refractivity contribution in [2.24, 2.45) is 0 Å². The summed E-state index contributed by atoms with van der Waals surface area (Å²) in [6.45, 7) is 0.613. The van der Waals surface area contributed by atoms with Crippen molar-refractivity contribution in [3.63, 3.8) is 0 Å². The summed E-state index contributed by atoms with van der Waals surface area (Å²) in [5.74, 6) is -0.0628. The van der Waals surface area contributed by atoms with Gasteiger partial charge in [-0.05, 0) is 34.9 Å². The summed E-state index contributed by atoms with van der Waals surface area (Å²) in [5, 5.41) is 5.41. The molecule has 0 aliphatic rings. The minimum atomic E-state index is -0.0628. The lowest BCUT2D eigenvalue weighted by Gasteiger charge is -2.07. The first-order valence-electron chi connectivity index (χ1n) is 6.74. The normalized spacial score (nSPS) is 10.7. The van der Waals surface area contributed by atoms with E-state index < -0.39 is 0 Å². The van der Waals surface area contributed by atoms with Gasteiger partial charge >= 0.3 is 0 Å². The molecule has 21 heavy (non-hydrogen) atoms. The molecular formula is C17H14ClNOS. The SMILES string of the molecule is O=C(NCCc1cccc2ccccc12)c1ccc(Cl)s1. The molecule has 1 heterocycles. The van der Waals surface area contributed by atoms with Gasteiger partial charge in [-0.2, -0.15) is 0 Å². The molecule has 1 aromatic heterocycles. The Bertz CT molecular complexity index is 776. The fourth-order valence-electron chi connectivity index (χ4n) is 2.34. The molecule has 0 atom stereocenters. The third-order valence-corrected chi connectivity index (χ3v) is 4.59. The van der Waals surface area contributed by atoms with Gasteiger partial charge < -0.3 is 5.32 Å². The second kappa shape index (κ2) is 6.29. The van der Waals surface area contributed by atoms with Crippen molar-refractivity contribution in [2.45, 2.75) is 6.42 Å². The van der Waals surface area contributed by atoms with E-state index in [9.17, 15) is 4.79 Å². The van der Waals surface area contributed by atoms with Crippen LogP contribution in [0.5, 0.6) is 0 Å². The van der Waals surface area contributed by atoms with Crippen LogP contribution in [0.25, 0.3) is 10.8 Å². The van der Waals surface area contributed by atoms with Crippen LogP contribution >= 0.6 is 22.9 Å². The van der Waals surface area contributed by atoms with E-state index in [0.717, 1.165) is 6.42 Å². The number of nitrogens with one attached hydrogen (secondary N) is 1. The lowest BCUT2D eigenvalue weighted by atomic mass is 10.0. The number of benzene rings is 2. The van der Waals surface area contributed by atoms with Crippen molar-refractivity contribution in [1.29, 1.82) is 0 Å². The number of carbonyl (C=O) groups excluding carboxylic acids is 1. The molecule has 3 rings (SSSR count). The molecule has 0 aliphatic heterocycles. The summed E-state index contributed by atoms with van der Waals surface area (Å²) in [5.41, 5.74) is 1.25. The summed E-state index contributed by atoms with van der Waals surface area (Å²) < 4.78 is 0.634. The maximum atomic E-state index is 12.0. The second-order valence-corrected chi connectivity index (χ2v) is 6.46. The zero-order valence-electron chi connectivity index (χ0n) is 11.3. The quantitative estimate of drug-likeness (QED) is 0.753. The monoisotopic (exact) mass is 315 g/mol. The first-order valence-corrected chi connectivity index (χ1v) is 7.93. The number of fused-ring (bicyclic) bond motifs is 1. The Hall–Kier alpha value is -1.84. The van der Waals surface area contributed by atoms with Gasteiger partial charge in [-0.25, -0.2) is 0 Å². The summed E-state index contributed by atoms with van der Waals surface area (Å²) in [6.07, 6.45) is 0.812. The van der Waals surface area contributed by atoms with Gasteiger partial charge in [0.15, 0.2) is 0 Å². The molecule has 0 spiro atoms. The number of carbonyl (C=O) groups is 1. The number of rotatable bonds is 4. The van der Waals surface area contributed by atoms with Crippen LogP contribution in [0.15, 0.2) is 54.6 Å². The predicted molar refractivity (Wildman–Crippen MR) is 89.3 cm³/mol. The summed E-state index contributed by atoms with van der Waals surface area (Å²) in [4.78, 5) is 12.6. The number of halogens is 1. The highest BCUT2D eigenvalue weighted by molar-refractivity contribution is 7.17. The molecule has 0 aliphatic carbocycles. The molecule has 0 saturated heterocycles. The van der Waals surface area contributed by atoms with E-state index in [1.807, 2.05) is 12.1 Å². The maximum Gasteiger partial charge on any atom is 0.261 e. The minimum Gasteiger partial charge on any atom is -0.351 e. The van der Waals surface area contributed by atoms with Crippen molar-refractivity contribution in [1.82, 2.24) is 5.32 Å². The Balaban J connectivity index is 1.66. The second-order valence-electron chi connectivity index (χ2n) is 4.75. The van der Waals surface area contributed by atoms with Crippen LogP contribution in [0.4, 0.5) is 0 Å². The van der Waals surface area contributed by atoms with E-state index in [1.54, 1.807) is 12.1 Å². The fraction of sp³-hybridized carbons (Fsp3) is 0.118. The predicted octanol–water partition coefficient (Wildman–Crippen LogP) is 4.53. The topological polar surface area (TPSA) is 29.1 Å². The molecule has 1 N–H and O–H groups in total. The van der Waals surface area contributed by atoms with Crippen LogP contribution in [0, 0.1) is 0 Å². The Morgan fingerprint density at radius 1 is 1.05 bits per heavy atom. The molecule has 3 aromatic rings. The zero-order valence-corrected chi connectivity index (χ0v) is 12.9. The molecule has 4 heteroatoms. The zero-order chi connectivity index (χ0) is 14.7. The van der Waals surface area contributed by atoms with Gasteiger partial charge in [0, 0.05) is 6.54 Å². The number of hydrogen-bond acceptors (Lipinski definition) is 2. The highest BCUT2D eigenvalue weighted by Crippen LogP contribution is 2.21. The number of amides is 1. The van der Waals surface area contributed by atoms with E-state index in [4.69, 9.17) is 11.6 Å². The molecular weight excluding hydrogens is 302 g/mol. The van der Waals surface area contributed by atoms with Crippen molar-refractivity contribution < 1.29 is 4.79 Å². The van der Waals surface area contributed by atoms with Crippen LogP contribution in [0.1, 0.15) is 15.2 Å². The number of hydrogen-bond donors (Lipinski definition) is 1. The largest absolute Gasteiger partial charge is 0.351 e. The molecule has 0 unspecified atom stereocenters. The lowest BCUT2D eigenvalue weighted by Crippen LogP contribution is -2.24. The van der Waals surface area contributed by atoms with Crippen LogP contribution in [0.2, 0.25) is 4.34 Å². The molecule has 0 fully saturated rings. The van der Waals surface area contributed by atoms with Gasteiger partial charge in [0.05, 0.1) is 9.21 Å². The summed E-state index contributed by atoms with van der Waals surface area (Å²) in [6, 6.07) is 18.1. The third kappa shape index (κ3) is 3.26. The van der Waals surface area contributed by atoms with Crippen LogP contribution in [-0.4, -0.2) is 12.5 Å². The fourth-order valence-corrected chi connectivity index (χ4v) is 3.30. The van der Waals surface area contributed by atoms with E-state index >= 15 is 0 Å². The molecule has 2 nitrogen and oxygen atoms in total. The van der Waals surface area contributed by atoms with Gasteiger partial charge in [0.2, 0.25) is 0 Å². The standard InChI is InChI=1S/C17H14ClNOS/c18-16-9-8-15(21-16)17(20)19-11-10-13-6-3-5-12-4-1-2-7-14(12)13/h1-9H,10-11H2,(H,19,20). The Kier molecular flexibility index (Phi) is 4.23. The van der Waals surface area contributed by atoms with Crippen LogP contribution in [0.3, 0.4) is 0 Å².